The first-order valence-electron chi connectivity index (χ1n) is 22.2. The van der Waals surface area contributed by atoms with E-state index in [4.69, 9.17) is 9.47 Å². The summed E-state index contributed by atoms with van der Waals surface area (Å²) in [5.74, 6) is -0.995. The van der Waals surface area contributed by atoms with Crippen LogP contribution in [-0.4, -0.2) is 95.9 Å². The summed E-state index contributed by atoms with van der Waals surface area (Å²) in [6.07, 6.45) is 12.8. The van der Waals surface area contributed by atoms with Gasteiger partial charge in [-0.1, -0.05) is 38.0 Å². The van der Waals surface area contributed by atoms with Gasteiger partial charge in [-0.3, -0.25) is 19.8 Å². The van der Waals surface area contributed by atoms with Crippen molar-refractivity contribution in [1.29, 1.82) is 0 Å². The smallest absolute Gasteiger partial charge is 0.273 e. The van der Waals surface area contributed by atoms with E-state index in [0.29, 0.717) is 58.9 Å². The van der Waals surface area contributed by atoms with Crippen LogP contribution in [0.15, 0.2) is 77.0 Å². The Bertz CT molecular complexity index is 2520. The summed E-state index contributed by atoms with van der Waals surface area (Å²) < 4.78 is 39.8. The molecule has 5 fully saturated rings. The van der Waals surface area contributed by atoms with E-state index in [2.05, 4.69) is 40.5 Å². The molecule has 13 nitrogen and oxygen atoms in total. The fourth-order valence-corrected chi connectivity index (χ4v) is 12.4. The number of benzene rings is 2. The third kappa shape index (κ3) is 8.67. The zero-order valence-electron chi connectivity index (χ0n) is 36.4. The van der Waals surface area contributed by atoms with E-state index in [9.17, 15) is 28.4 Å². The molecule has 2 N–H and O–H groups in total. The first-order chi connectivity index (χ1) is 29.4. The number of nitro groups is 1. The molecule has 4 heterocycles. The lowest BCUT2D eigenvalue weighted by atomic mass is 9.33. The van der Waals surface area contributed by atoms with Crippen LogP contribution in [0.3, 0.4) is 0 Å². The van der Waals surface area contributed by atoms with Gasteiger partial charge in [0.2, 0.25) is 0 Å². The van der Waals surface area contributed by atoms with Crippen molar-refractivity contribution < 1.29 is 32.7 Å². The summed E-state index contributed by atoms with van der Waals surface area (Å²) in [5.41, 5.74) is 5.62. The van der Waals surface area contributed by atoms with Gasteiger partial charge in [-0.15, -0.1) is 0 Å². The highest BCUT2D eigenvalue weighted by Crippen LogP contribution is 2.77. The molecule has 0 radical (unpaired) electrons. The number of carbonyl (C=O) groups is 1. The van der Waals surface area contributed by atoms with E-state index in [-0.39, 0.29) is 34.6 Å². The molecule has 0 amide bonds. The summed E-state index contributed by atoms with van der Waals surface area (Å²) >= 11 is 0. The molecule has 2 bridgehead atoms. The predicted octanol–water partition coefficient (Wildman–Crippen LogP) is 8.60. The van der Waals surface area contributed by atoms with E-state index >= 15 is 0 Å². The molecule has 10 rings (SSSR count). The quantitative estimate of drug-likeness (QED) is 0.0539. The summed E-state index contributed by atoms with van der Waals surface area (Å²) in [6.45, 7) is 13.6. The SMILES string of the molecule is CC1(C)CCC(CN2CCN(c3ccc(C(=O)CS(=O)(=O)c4ccc(CC[C@@H]5CC[C@@](C)(O)CO5)c([N+](=O)[O-])c4)c(Oc4cnc5[nH]ccc5c4)c3)CC2)=C(C23CC(C)(C2)C3)C1. The number of aromatic nitrogens is 2. The molecule has 2 aromatic carbocycles. The van der Waals surface area contributed by atoms with Gasteiger partial charge in [-0.25, -0.2) is 13.4 Å². The summed E-state index contributed by atoms with van der Waals surface area (Å²) in [4.78, 5) is 37.7. The summed E-state index contributed by atoms with van der Waals surface area (Å²) in [5, 5.41) is 23.2. The molecule has 0 spiro atoms. The number of ether oxygens (including phenoxy) is 2. The fraction of sp³-hybridized carbons (Fsp3) is 0.542. The van der Waals surface area contributed by atoms with Gasteiger partial charge in [0, 0.05) is 67.7 Å². The number of hydrogen-bond donors (Lipinski definition) is 2. The van der Waals surface area contributed by atoms with Gasteiger partial charge in [0.05, 0.1) is 39.9 Å². The minimum atomic E-state index is -4.31. The number of rotatable bonds is 14. The number of aromatic amines is 1. The van der Waals surface area contributed by atoms with Crippen LogP contribution in [0.1, 0.15) is 101 Å². The highest BCUT2D eigenvalue weighted by atomic mass is 32.2. The predicted molar refractivity (Wildman–Crippen MR) is 238 cm³/mol. The molecule has 6 aliphatic rings. The molecule has 62 heavy (non-hydrogen) atoms. The molecule has 4 aromatic rings. The summed E-state index contributed by atoms with van der Waals surface area (Å²) in [6, 6.07) is 12.8. The zero-order valence-corrected chi connectivity index (χ0v) is 37.2. The van der Waals surface area contributed by atoms with Crippen molar-refractivity contribution >= 4 is 38.0 Å². The third-order valence-electron chi connectivity index (χ3n) is 14.4. The second-order valence-electron chi connectivity index (χ2n) is 20.4. The van der Waals surface area contributed by atoms with Gasteiger partial charge in [0.15, 0.2) is 15.6 Å². The van der Waals surface area contributed by atoms with Gasteiger partial charge < -0.3 is 24.5 Å². The molecule has 4 aliphatic carbocycles. The van der Waals surface area contributed by atoms with E-state index in [1.54, 1.807) is 42.6 Å². The second kappa shape index (κ2) is 15.9. The van der Waals surface area contributed by atoms with E-state index in [0.717, 1.165) is 49.9 Å². The minimum absolute atomic E-state index is 0.0878. The number of aryl methyl sites for hydroxylation is 1. The van der Waals surface area contributed by atoms with Gasteiger partial charge in [0.1, 0.15) is 22.9 Å². The number of nitro benzene ring substituents is 1. The van der Waals surface area contributed by atoms with Crippen LogP contribution < -0.4 is 9.64 Å². The maximum Gasteiger partial charge on any atom is 0.273 e. The number of hydrogen-bond acceptors (Lipinski definition) is 11. The number of fused-ring (bicyclic) bond motifs is 1. The number of Topliss-reactive ketones (excluding diaryl/α,β-unsaturated/α-hetero) is 1. The molecular formula is C48H59N5O8S. The number of allylic oxidation sites excluding steroid dienone is 1. The Morgan fingerprint density at radius 3 is 2.52 bits per heavy atom. The largest absolute Gasteiger partial charge is 0.455 e. The molecule has 2 aromatic heterocycles. The van der Waals surface area contributed by atoms with Crippen molar-refractivity contribution in [3.05, 3.63) is 93.3 Å². The monoisotopic (exact) mass is 865 g/mol. The standard InChI is InChI=1S/C48H59N5O8S/c1-45(2)14-11-34(40(24-45)48-28-46(3,29-48)30-48)26-51-17-19-52(20-18-51)35-7-10-39(43(22-35)61-37-21-33-13-16-49-44(33)50-25-37)42(54)27-62(58,59)38-9-6-32(41(23-38)53(56)57)5-8-36-12-15-47(4,55)31-60-36/h6-7,9-10,13,16,21-23,25,36,55H,5,8,11-12,14-15,17-20,24,26-31H2,1-4H3,(H,49,50)/t36-,46?,47-,48?/m1/s1. The molecule has 2 saturated heterocycles. The highest BCUT2D eigenvalue weighted by molar-refractivity contribution is 7.92. The fourth-order valence-electron chi connectivity index (χ4n) is 11.2. The third-order valence-corrected chi connectivity index (χ3v) is 16.1. The van der Waals surface area contributed by atoms with Crippen molar-refractivity contribution in [2.24, 2.45) is 16.2 Å². The van der Waals surface area contributed by atoms with Crippen molar-refractivity contribution in [2.75, 3.05) is 50.0 Å². The lowest BCUT2D eigenvalue weighted by Gasteiger charge is -2.72. The number of aliphatic hydroxyl groups is 1. The molecule has 0 unspecified atom stereocenters. The Kier molecular flexibility index (Phi) is 10.9. The van der Waals surface area contributed by atoms with Crippen molar-refractivity contribution in [1.82, 2.24) is 14.9 Å². The number of nitrogens with zero attached hydrogens (tertiary/aromatic N) is 4. The van der Waals surface area contributed by atoms with Crippen molar-refractivity contribution in [3.8, 4) is 11.5 Å². The Labute approximate surface area is 364 Å². The Hall–Kier alpha value is -4.63. The van der Waals surface area contributed by atoms with Crippen LogP contribution in [-0.2, 0) is 21.0 Å². The van der Waals surface area contributed by atoms with Crippen LogP contribution in [0.25, 0.3) is 11.0 Å². The van der Waals surface area contributed by atoms with Gasteiger partial charge in [-0.05, 0) is 118 Å². The van der Waals surface area contributed by atoms with E-state index in [1.165, 1.54) is 50.7 Å². The number of carbonyl (C=O) groups excluding carboxylic acids is 1. The Balaban J connectivity index is 0.913. The molecule has 2 atom stereocenters. The van der Waals surface area contributed by atoms with Crippen molar-refractivity contribution in [2.45, 2.75) is 109 Å². The molecule has 2 aliphatic heterocycles. The van der Waals surface area contributed by atoms with Crippen LogP contribution in [0.4, 0.5) is 11.4 Å². The molecular weight excluding hydrogens is 807 g/mol. The first-order valence-corrected chi connectivity index (χ1v) is 23.8. The minimum Gasteiger partial charge on any atom is -0.455 e. The molecule has 14 heteroatoms. The second-order valence-corrected chi connectivity index (χ2v) is 22.4. The van der Waals surface area contributed by atoms with E-state index < -0.39 is 31.9 Å². The Morgan fingerprint density at radius 1 is 1.03 bits per heavy atom. The van der Waals surface area contributed by atoms with E-state index in [1.807, 2.05) is 18.2 Å². The number of H-pyrrole nitrogens is 1. The lowest BCUT2D eigenvalue weighted by molar-refractivity contribution is -0.385. The number of anilines is 1. The average Bonchev–Trinajstić information content (AvgIpc) is 3.68. The number of ketones is 1. The Morgan fingerprint density at radius 2 is 1.81 bits per heavy atom. The van der Waals surface area contributed by atoms with Crippen LogP contribution in [0, 0.1) is 26.4 Å². The van der Waals surface area contributed by atoms with Gasteiger partial charge in [-0.2, -0.15) is 0 Å². The van der Waals surface area contributed by atoms with Crippen LogP contribution in [0.5, 0.6) is 11.5 Å². The first kappa shape index (κ1) is 42.7. The average molecular weight is 866 g/mol. The van der Waals surface area contributed by atoms with Gasteiger partial charge >= 0.3 is 0 Å². The van der Waals surface area contributed by atoms with Crippen molar-refractivity contribution in [3.63, 3.8) is 0 Å². The highest BCUT2D eigenvalue weighted by Gasteiger charge is 2.66. The lowest BCUT2D eigenvalue weighted by Crippen LogP contribution is -2.61. The maximum absolute atomic E-state index is 14.1. The molecule has 3 saturated carbocycles. The van der Waals surface area contributed by atoms with Crippen LogP contribution in [0.2, 0.25) is 0 Å². The summed E-state index contributed by atoms with van der Waals surface area (Å²) in [7, 11) is -4.31. The zero-order chi connectivity index (χ0) is 43.7. The number of piperazine rings is 1. The normalized spacial score (nSPS) is 27.4. The molecule has 330 valence electrons. The topological polar surface area (TPSA) is 168 Å². The number of sulfone groups is 1. The number of nitrogens with one attached hydrogen (secondary N) is 1. The maximum atomic E-state index is 14.1. The number of pyridine rings is 1. The van der Waals surface area contributed by atoms with Gasteiger partial charge in [0.25, 0.3) is 5.69 Å². The van der Waals surface area contributed by atoms with Crippen LogP contribution >= 0.6 is 0 Å².